The van der Waals surface area contributed by atoms with Crippen LogP contribution in [0.15, 0.2) is 36.7 Å². The number of nitrogens with one attached hydrogen (secondary N) is 1. The van der Waals surface area contributed by atoms with Gasteiger partial charge in [0.25, 0.3) is 0 Å². The predicted molar refractivity (Wildman–Crippen MR) is 103 cm³/mol. The third kappa shape index (κ3) is 5.10. The fraction of sp³-hybridized carbons (Fsp3) is 0.400. The molecule has 1 saturated heterocycles. The standard InChI is InChI=1S/C20H25N5O2/c1-27-19(26)10-14-6-8-25(9-7-14)13-18-23-11-17(12-24-18)15-2-4-16(5-3-15)20(21)22/h2-5,11-12,14H,6-10,13H2,1H3,(H3,21,22). The first-order valence-corrected chi connectivity index (χ1v) is 9.10. The molecule has 0 atom stereocenters. The van der Waals surface area contributed by atoms with Crippen LogP contribution in [0.25, 0.3) is 11.1 Å². The first-order chi connectivity index (χ1) is 13.0. The number of hydrogen-bond donors (Lipinski definition) is 2. The molecule has 0 radical (unpaired) electrons. The second-order valence-electron chi connectivity index (χ2n) is 6.88. The van der Waals surface area contributed by atoms with Crippen LogP contribution in [0.5, 0.6) is 0 Å². The van der Waals surface area contributed by atoms with Crippen LogP contribution in [0.2, 0.25) is 0 Å². The van der Waals surface area contributed by atoms with Gasteiger partial charge in [0.2, 0.25) is 0 Å². The van der Waals surface area contributed by atoms with Gasteiger partial charge in [-0.3, -0.25) is 15.1 Å². The Bertz CT molecular complexity index is 781. The van der Waals surface area contributed by atoms with Crippen molar-refractivity contribution in [2.45, 2.75) is 25.8 Å². The third-order valence-electron chi connectivity index (χ3n) is 4.99. The van der Waals surface area contributed by atoms with E-state index in [4.69, 9.17) is 15.9 Å². The van der Waals surface area contributed by atoms with Crippen LogP contribution in [0.4, 0.5) is 0 Å². The maximum absolute atomic E-state index is 11.4. The van der Waals surface area contributed by atoms with E-state index in [1.165, 1.54) is 7.11 Å². The Morgan fingerprint density at radius 3 is 2.37 bits per heavy atom. The van der Waals surface area contributed by atoms with Crippen LogP contribution in [0.1, 0.15) is 30.7 Å². The van der Waals surface area contributed by atoms with Crippen molar-refractivity contribution in [3.63, 3.8) is 0 Å². The number of carbonyl (C=O) groups excluding carboxylic acids is 1. The van der Waals surface area contributed by atoms with Crippen molar-refractivity contribution in [2.24, 2.45) is 11.7 Å². The number of nitrogens with two attached hydrogens (primary N) is 1. The number of likely N-dealkylation sites (tertiary alicyclic amines) is 1. The minimum absolute atomic E-state index is 0.0588. The molecular weight excluding hydrogens is 342 g/mol. The van der Waals surface area contributed by atoms with Crippen molar-refractivity contribution >= 4 is 11.8 Å². The van der Waals surface area contributed by atoms with E-state index < -0.39 is 0 Å². The van der Waals surface area contributed by atoms with Gasteiger partial charge in [0, 0.05) is 29.9 Å². The van der Waals surface area contributed by atoms with Crippen LogP contribution in [0, 0.1) is 11.3 Å². The molecule has 142 valence electrons. The molecule has 0 spiro atoms. The van der Waals surface area contributed by atoms with Gasteiger partial charge in [-0.25, -0.2) is 9.97 Å². The average Bonchev–Trinajstić information content (AvgIpc) is 2.70. The molecule has 3 N–H and O–H groups in total. The quantitative estimate of drug-likeness (QED) is 0.461. The SMILES string of the molecule is COC(=O)CC1CCN(Cc2ncc(-c3ccc(C(=N)N)cc3)cn2)CC1. The summed E-state index contributed by atoms with van der Waals surface area (Å²) in [5.41, 5.74) is 8.11. The van der Waals surface area contributed by atoms with Crippen molar-refractivity contribution in [1.29, 1.82) is 5.41 Å². The molecule has 1 aromatic heterocycles. The normalized spacial score (nSPS) is 15.4. The van der Waals surface area contributed by atoms with E-state index in [0.29, 0.717) is 24.4 Å². The first kappa shape index (κ1) is 19.0. The number of hydrogen-bond acceptors (Lipinski definition) is 6. The molecule has 27 heavy (non-hydrogen) atoms. The van der Waals surface area contributed by atoms with Gasteiger partial charge in [0.15, 0.2) is 0 Å². The summed E-state index contributed by atoms with van der Waals surface area (Å²) in [6.45, 7) is 2.60. The molecule has 7 nitrogen and oxygen atoms in total. The highest BCUT2D eigenvalue weighted by Gasteiger charge is 2.22. The largest absolute Gasteiger partial charge is 0.469 e. The number of nitrogens with zero attached hydrogens (tertiary/aromatic N) is 3. The van der Waals surface area contributed by atoms with E-state index in [1.54, 1.807) is 0 Å². The summed E-state index contributed by atoms with van der Waals surface area (Å²) in [4.78, 5) is 22.7. The number of esters is 1. The fourth-order valence-electron chi connectivity index (χ4n) is 3.30. The van der Waals surface area contributed by atoms with Crippen LogP contribution in [-0.4, -0.2) is 46.9 Å². The first-order valence-electron chi connectivity index (χ1n) is 9.10. The summed E-state index contributed by atoms with van der Waals surface area (Å²) in [5, 5.41) is 7.44. The Balaban J connectivity index is 1.54. The Kier molecular flexibility index (Phi) is 6.13. The topological polar surface area (TPSA) is 105 Å². The van der Waals surface area contributed by atoms with Gasteiger partial charge < -0.3 is 10.5 Å². The lowest BCUT2D eigenvalue weighted by Crippen LogP contribution is -2.34. The van der Waals surface area contributed by atoms with E-state index in [1.807, 2.05) is 36.7 Å². The predicted octanol–water partition coefficient (Wildman–Crippen LogP) is 2.20. The molecule has 1 fully saturated rings. The van der Waals surface area contributed by atoms with Crippen molar-refractivity contribution in [3.8, 4) is 11.1 Å². The van der Waals surface area contributed by atoms with E-state index in [2.05, 4.69) is 14.9 Å². The molecule has 1 aromatic carbocycles. The molecule has 1 aliphatic rings. The van der Waals surface area contributed by atoms with Crippen molar-refractivity contribution in [3.05, 3.63) is 48.0 Å². The molecular formula is C20H25N5O2. The maximum atomic E-state index is 11.4. The molecule has 0 bridgehead atoms. The lowest BCUT2D eigenvalue weighted by Gasteiger charge is -2.30. The Morgan fingerprint density at radius 1 is 1.19 bits per heavy atom. The summed E-state index contributed by atoms with van der Waals surface area (Å²) in [5.74, 6) is 1.15. The van der Waals surface area contributed by atoms with Gasteiger partial charge in [0.1, 0.15) is 11.7 Å². The third-order valence-corrected chi connectivity index (χ3v) is 4.99. The number of benzene rings is 1. The lowest BCUT2D eigenvalue weighted by atomic mass is 9.93. The molecule has 0 amide bonds. The van der Waals surface area contributed by atoms with Crippen molar-refractivity contribution in [2.75, 3.05) is 20.2 Å². The second kappa shape index (κ2) is 8.73. The number of piperidine rings is 1. The Labute approximate surface area is 159 Å². The molecule has 0 unspecified atom stereocenters. The number of carbonyl (C=O) groups is 1. The molecule has 7 heteroatoms. The van der Waals surface area contributed by atoms with Gasteiger partial charge in [0.05, 0.1) is 13.7 Å². The number of nitrogen functional groups attached to an aromatic ring is 1. The zero-order chi connectivity index (χ0) is 19.2. The zero-order valence-corrected chi connectivity index (χ0v) is 15.5. The fourth-order valence-corrected chi connectivity index (χ4v) is 3.30. The van der Waals surface area contributed by atoms with Crippen molar-refractivity contribution in [1.82, 2.24) is 14.9 Å². The molecule has 0 aliphatic carbocycles. The van der Waals surface area contributed by atoms with Crippen molar-refractivity contribution < 1.29 is 9.53 Å². The number of ether oxygens (including phenoxy) is 1. The van der Waals surface area contributed by atoms with E-state index in [9.17, 15) is 4.79 Å². The van der Waals surface area contributed by atoms with Gasteiger partial charge in [-0.15, -0.1) is 0 Å². The minimum Gasteiger partial charge on any atom is -0.469 e. The van der Waals surface area contributed by atoms with Crippen LogP contribution in [-0.2, 0) is 16.1 Å². The molecule has 2 heterocycles. The lowest BCUT2D eigenvalue weighted by molar-refractivity contribution is -0.142. The summed E-state index contributed by atoms with van der Waals surface area (Å²) >= 11 is 0. The molecule has 1 aliphatic heterocycles. The van der Waals surface area contributed by atoms with Gasteiger partial charge in [-0.2, -0.15) is 0 Å². The highest BCUT2D eigenvalue weighted by atomic mass is 16.5. The van der Waals surface area contributed by atoms with Gasteiger partial charge >= 0.3 is 5.97 Å². The van der Waals surface area contributed by atoms with Crippen LogP contribution < -0.4 is 5.73 Å². The summed E-state index contributed by atoms with van der Waals surface area (Å²) < 4.78 is 4.75. The minimum atomic E-state index is -0.122. The van der Waals surface area contributed by atoms with E-state index >= 15 is 0 Å². The Hall–Kier alpha value is -2.80. The van der Waals surface area contributed by atoms with E-state index in [-0.39, 0.29) is 11.8 Å². The van der Waals surface area contributed by atoms with Gasteiger partial charge in [-0.05, 0) is 37.4 Å². The molecule has 3 rings (SSSR count). The molecule has 0 saturated carbocycles. The average molecular weight is 367 g/mol. The van der Waals surface area contributed by atoms with Gasteiger partial charge in [-0.1, -0.05) is 24.3 Å². The second-order valence-corrected chi connectivity index (χ2v) is 6.88. The smallest absolute Gasteiger partial charge is 0.305 e. The maximum Gasteiger partial charge on any atom is 0.305 e. The highest BCUT2D eigenvalue weighted by Crippen LogP contribution is 2.22. The van der Waals surface area contributed by atoms with Crippen LogP contribution >= 0.6 is 0 Å². The number of amidine groups is 1. The highest BCUT2D eigenvalue weighted by molar-refractivity contribution is 5.95. The number of rotatable bonds is 6. The summed E-state index contributed by atoms with van der Waals surface area (Å²) in [6, 6.07) is 7.48. The monoisotopic (exact) mass is 367 g/mol. The van der Waals surface area contributed by atoms with E-state index in [0.717, 1.165) is 42.9 Å². The number of methoxy groups -OCH3 is 1. The van der Waals surface area contributed by atoms with Crippen LogP contribution in [0.3, 0.4) is 0 Å². The number of aromatic nitrogens is 2. The summed E-state index contributed by atoms with van der Waals surface area (Å²) in [7, 11) is 1.44. The summed E-state index contributed by atoms with van der Waals surface area (Å²) in [6.07, 6.45) is 6.16. The Morgan fingerprint density at radius 2 is 1.81 bits per heavy atom. The molecule has 2 aromatic rings. The zero-order valence-electron chi connectivity index (χ0n) is 15.5.